The first-order valence-corrected chi connectivity index (χ1v) is 6.65. The van der Waals surface area contributed by atoms with Gasteiger partial charge in [0, 0.05) is 22.8 Å². The summed E-state index contributed by atoms with van der Waals surface area (Å²) in [6.07, 6.45) is 0. The quantitative estimate of drug-likeness (QED) is 0.657. The SMILES string of the molecule is COc1cc(C)nc(COc2cc(Cl)ccc2C(=N)N)c1. The molecule has 0 fully saturated rings. The highest BCUT2D eigenvalue weighted by Crippen LogP contribution is 2.24. The number of aromatic nitrogens is 1. The van der Waals surface area contributed by atoms with Crippen molar-refractivity contribution in [1.29, 1.82) is 5.41 Å². The van der Waals surface area contributed by atoms with Crippen LogP contribution in [0, 0.1) is 12.3 Å². The Morgan fingerprint density at radius 3 is 2.76 bits per heavy atom. The summed E-state index contributed by atoms with van der Waals surface area (Å²) < 4.78 is 10.9. The number of pyridine rings is 1. The minimum absolute atomic E-state index is 0.0727. The Hall–Kier alpha value is -2.27. The molecule has 0 aliphatic heterocycles. The second kappa shape index (κ2) is 6.45. The van der Waals surface area contributed by atoms with Gasteiger partial charge in [0.15, 0.2) is 0 Å². The summed E-state index contributed by atoms with van der Waals surface area (Å²) in [5, 5.41) is 8.07. The van der Waals surface area contributed by atoms with Crippen LogP contribution in [0.2, 0.25) is 5.02 Å². The highest BCUT2D eigenvalue weighted by atomic mass is 35.5. The van der Waals surface area contributed by atoms with Gasteiger partial charge in [-0.1, -0.05) is 11.6 Å². The largest absolute Gasteiger partial charge is 0.497 e. The highest BCUT2D eigenvalue weighted by molar-refractivity contribution is 6.30. The molecule has 0 saturated carbocycles. The lowest BCUT2D eigenvalue weighted by Crippen LogP contribution is -2.13. The Labute approximate surface area is 128 Å². The van der Waals surface area contributed by atoms with Crippen LogP contribution in [0.5, 0.6) is 11.5 Å². The van der Waals surface area contributed by atoms with Crippen LogP contribution >= 0.6 is 11.6 Å². The van der Waals surface area contributed by atoms with E-state index < -0.39 is 0 Å². The molecule has 0 amide bonds. The zero-order valence-electron chi connectivity index (χ0n) is 11.8. The van der Waals surface area contributed by atoms with E-state index in [1.54, 1.807) is 31.4 Å². The van der Waals surface area contributed by atoms with Crippen molar-refractivity contribution in [2.75, 3.05) is 7.11 Å². The number of amidine groups is 1. The summed E-state index contributed by atoms with van der Waals surface area (Å²) in [6, 6.07) is 8.59. The van der Waals surface area contributed by atoms with Crippen LogP contribution in [-0.4, -0.2) is 17.9 Å². The summed E-state index contributed by atoms with van der Waals surface area (Å²) >= 11 is 5.95. The predicted octanol–water partition coefficient (Wildman–Crippen LogP) is 2.92. The smallest absolute Gasteiger partial charge is 0.132 e. The van der Waals surface area contributed by atoms with E-state index in [2.05, 4.69) is 4.98 Å². The Bertz CT molecular complexity index is 674. The van der Waals surface area contributed by atoms with Crippen LogP contribution in [-0.2, 0) is 6.61 Å². The number of hydrogen-bond donors (Lipinski definition) is 2. The molecule has 0 radical (unpaired) electrons. The normalized spacial score (nSPS) is 10.2. The molecule has 5 nitrogen and oxygen atoms in total. The standard InChI is InChI=1S/C15H16ClN3O2/c1-9-5-12(20-2)7-11(19-9)8-21-14-6-10(16)3-4-13(14)15(17)18/h3-7H,8H2,1-2H3,(H3,17,18). The van der Waals surface area contributed by atoms with Gasteiger partial charge in [-0.25, -0.2) is 0 Å². The van der Waals surface area contributed by atoms with Gasteiger partial charge in [-0.2, -0.15) is 0 Å². The second-order valence-corrected chi connectivity index (χ2v) is 4.92. The molecule has 0 atom stereocenters. The van der Waals surface area contributed by atoms with Crippen LogP contribution in [0.1, 0.15) is 17.0 Å². The number of benzene rings is 1. The summed E-state index contributed by atoms with van der Waals surface area (Å²) in [6.45, 7) is 2.12. The van der Waals surface area contributed by atoms with Crippen LogP contribution in [0.4, 0.5) is 0 Å². The molecule has 1 heterocycles. The minimum atomic E-state index is -0.0727. The lowest BCUT2D eigenvalue weighted by Gasteiger charge is -2.12. The Balaban J connectivity index is 2.22. The van der Waals surface area contributed by atoms with E-state index in [9.17, 15) is 0 Å². The highest BCUT2D eigenvalue weighted by Gasteiger charge is 2.09. The van der Waals surface area contributed by atoms with E-state index >= 15 is 0 Å². The maximum atomic E-state index is 7.55. The van der Waals surface area contributed by atoms with E-state index in [-0.39, 0.29) is 12.4 Å². The van der Waals surface area contributed by atoms with Gasteiger partial charge in [0.1, 0.15) is 23.9 Å². The number of methoxy groups -OCH3 is 1. The first kappa shape index (κ1) is 15.1. The topological polar surface area (TPSA) is 81.2 Å². The molecule has 1 aromatic carbocycles. The van der Waals surface area contributed by atoms with Crippen molar-refractivity contribution in [2.45, 2.75) is 13.5 Å². The van der Waals surface area contributed by atoms with Gasteiger partial charge in [0.05, 0.1) is 18.4 Å². The van der Waals surface area contributed by atoms with Gasteiger partial charge in [0.2, 0.25) is 0 Å². The molecule has 0 saturated heterocycles. The zero-order chi connectivity index (χ0) is 15.4. The first-order valence-electron chi connectivity index (χ1n) is 6.28. The molecule has 0 aliphatic carbocycles. The fourth-order valence-corrected chi connectivity index (χ4v) is 2.05. The molecular formula is C15H16ClN3O2. The zero-order valence-corrected chi connectivity index (χ0v) is 12.6. The molecular weight excluding hydrogens is 290 g/mol. The third kappa shape index (κ3) is 3.86. The third-order valence-corrected chi connectivity index (χ3v) is 3.06. The van der Waals surface area contributed by atoms with Crippen molar-refractivity contribution in [3.63, 3.8) is 0 Å². The number of nitrogens with one attached hydrogen (secondary N) is 1. The molecule has 3 N–H and O–H groups in total. The summed E-state index contributed by atoms with van der Waals surface area (Å²) in [4.78, 5) is 4.37. The number of nitrogens with zero attached hydrogens (tertiary/aromatic N) is 1. The van der Waals surface area contributed by atoms with Gasteiger partial charge >= 0.3 is 0 Å². The van der Waals surface area contributed by atoms with Gasteiger partial charge < -0.3 is 15.2 Å². The molecule has 6 heteroatoms. The van der Waals surface area contributed by atoms with Crippen molar-refractivity contribution >= 4 is 17.4 Å². The van der Waals surface area contributed by atoms with Crippen LogP contribution in [0.3, 0.4) is 0 Å². The molecule has 1 aromatic heterocycles. The van der Waals surface area contributed by atoms with Crippen LogP contribution < -0.4 is 15.2 Å². The summed E-state index contributed by atoms with van der Waals surface area (Å²) in [7, 11) is 1.60. The second-order valence-electron chi connectivity index (χ2n) is 4.48. The van der Waals surface area contributed by atoms with Crippen molar-refractivity contribution in [3.05, 3.63) is 52.3 Å². The average Bonchev–Trinajstić information content (AvgIpc) is 2.44. The fourth-order valence-electron chi connectivity index (χ4n) is 1.88. The number of nitrogens with two attached hydrogens (primary N) is 1. The Morgan fingerprint density at radius 1 is 1.33 bits per heavy atom. The number of ether oxygens (including phenoxy) is 2. The summed E-state index contributed by atoms with van der Waals surface area (Å²) in [5.41, 5.74) is 7.59. The molecule has 21 heavy (non-hydrogen) atoms. The molecule has 0 unspecified atom stereocenters. The minimum Gasteiger partial charge on any atom is -0.497 e. The third-order valence-electron chi connectivity index (χ3n) is 2.83. The van der Waals surface area contributed by atoms with Gasteiger partial charge in [0.25, 0.3) is 0 Å². The Morgan fingerprint density at radius 2 is 2.10 bits per heavy atom. The monoisotopic (exact) mass is 305 g/mol. The average molecular weight is 306 g/mol. The maximum Gasteiger partial charge on any atom is 0.132 e. The van der Waals surface area contributed by atoms with E-state index in [0.29, 0.717) is 16.3 Å². The molecule has 2 rings (SSSR count). The van der Waals surface area contributed by atoms with E-state index in [0.717, 1.165) is 17.1 Å². The van der Waals surface area contributed by atoms with Crippen molar-refractivity contribution in [2.24, 2.45) is 5.73 Å². The van der Waals surface area contributed by atoms with E-state index in [1.165, 1.54) is 0 Å². The van der Waals surface area contributed by atoms with Crippen molar-refractivity contribution in [3.8, 4) is 11.5 Å². The van der Waals surface area contributed by atoms with Crippen LogP contribution in [0.25, 0.3) is 0 Å². The molecule has 0 aliphatic rings. The Kier molecular flexibility index (Phi) is 4.65. The van der Waals surface area contributed by atoms with Crippen molar-refractivity contribution in [1.82, 2.24) is 4.98 Å². The summed E-state index contributed by atoms with van der Waals surface area (Å²) in [5.74, 6) is 1.10. The lowest BCUT2D eigenvalue weighted by molar-refractivity contribution is 0.299. The number of nitrogen functional groups attached to an aromatic ring is 1. The molecule has 0 bridgehead atoms. The molecule has 0 spiro atoms. The molecule has 2 aromatic rings. The number of aryl methyl sites for hydroxylation is 1. The predicted molar refractivity (Wildman–Crippen MR) is 82.3 cm³/mol. The molecule has 110 valence electrons. The van der Waals surface area contributed by atoms with Gasteiger partial charge in [-0.15, -0.1) is 0 Å². The fraction of sp³-hybridized carbons (Fsp3) is 0.200. The van der Waals surface area contributed by atoms with Gasteiger partial charge in [-0.3, -0.25) is 10.4 Å². The van der Waals surface area contributed by atoms with E-state index in [4.69, 9.17) is 32.2 Å². The van der Waals surface area contributed by atoms with Crippen LogP contribution in [0.15, 0.2) is 30.3 Å². The van der Waals surface area contributed by atoms with E-state index in [1.807, 2.05) is 13.0 Å². The van der Waals surface area contributed by atoms with Gasteiger partial charge in [-0.05, 0) is 25.1 Å². The number of rotatable bonds is 5. The number of hydrogen-bond acceptors (Lipinski definition) is 4. The maximum absolute atomic E-state index is 7.55. The lowest BCUT2D eigenvalue weighted by atomic mass is 10.2. The number of halogens is 1. The van der Waals surface area contributed by atoms with Crippen molar-refractivity contribution < 1.29 is 9.47 Å². The first-order chi connectivity index (χ1) is 9.99.